The lowest BCUT2D eigenvalue weighted by molar-refractivity contribution is -0.119. The Hall–Kier alpha value is -0.500. The molecule has 0 radical (unpaired) electrons. The topological polar surface area (TPSA) is 71.2 Å². The highest BCUT2D eigenvalue weighted by Crippen LogP contribution is 2.24. The molecule has 1 aromatic rings. The Labute approximate surface area is 140 Å². The monoisotopic (exact) mass is 350 g/mol. The summed E-state index contributed by atoms with van der Waals surface area (Å²) >= 11 is 3.58. The molecule has 2 rings (SSSR count). The van der Waals surface area contributed by atoms with Crippen molar-refractivity contribution < 1.29 is 4.79 Å². The van der Waals surface area contributed by atoms with Crippen LogP contribution in [0.5, 0.6) is 0 Å². The molecule has 0 saturated carbocycles. The highest BCUT2D eigenvalue weighted by molar-refractivity contribution is 7.99. The number of nitrogens with one attached hydrogen (secondary N) is 1. The van der Waals surface area contributed by atoms with Gasteiger partial charge >= 0.3 is 0 Å². The largest absolute Gasteiger partial charge is 0.375 e. The lowest BCUT2D eigenvalue weighted by atomic mass is 10.1. The number of halogens is 1. The van der Waals surface area contributed by atoms with Crippen LogP contribution < -0.4 is 11.1 Å². The third-order valence-electron chi connectivity index (χ3n) is 3.41. The molecule has 1 saturated heterocycles. The molecule has 1 aliphatic heterocycles. The van der Waals surface area contributed by atoms with Gasteiger partial charge in [-0.3, -0.25) is 9.69 Å². The maximum atomic E-state index is 11.0. The smallest absolute Gasteiger partial charge is 0.216 e. The summed E-state index contributed by atoms with van der Waals surface area (Å²) in [4.78, 5) is 18.8. The molecule has 1 aliphatic rings. The maximum absolute atomic E-state index is 11.0. The van der Waals surface area contributed by atoms with Gasteiger partial charge in [0.1, 0.15) is 0 Å². The van der Waals surface area contributed by atoms with Gasteiger partial charge < -0.3 is 11.1 Å². The molecule has 8 heteroatoms. The molecule has 120 valence electrons. The Bertz CT molecular complexity index is 438. The fourth-order valence-electron chi connectivity index (χ4n) is 2.41. The third-order valence-corrected chi connectivity index (χ3v) is 5.27. The van der Waals surface area contributed by atoms with E-state index >= 15 is 0 Å². The Morgan fingerprint density at radius 3 is 2.81 bits per heavy atom. The van der Waals surface area contributed by atoms with Crippen molar-refractivity contribution in [2.45, 2.75) is 32.4 Å². The number of nitrogens with zero attached hydrogens (tertiary/aromatic N) is 2. The lowest BCUT2D eigenvalue weighted by Crippen LogP contribution is -2.41. The SMILES string of the molecule is CC(=O)NCCN(Cc1cnc(N)s1)C1CCSCC1.Cl. The summed E-state index contributed by atoms with van der Waals surface area (Å²) in [5.41, 5.74) is 5.70. The van der Waals surface area contributed by atoms with E-state index in [-0.39, 0.29) is 18.3 Å². The van der Waals surface area contributed by atoms with E-state index in [1.54, 1.807) is 18.3 Å². The van der Waals surface area contributed by atoms with E-state index in [4.69, 9.17) is 5.73 Å². The number of nitrogens with two attached hydrogens (primary N) is 1. The van der Waals surface area contributed by atoms with Crippen LogP contribution in [-0.4, -0.2) is 46.4 Å². The van der Waals surface area contributed by atoms with Crippen molar-refractivity contribution in [3.05, 3.63) is 11.1 Å². The Morgan fingerprint density at radius 2 is 2.24 bits per heavy atom. The first-order chi connectivity index (χ1) is 9.65. The van der Waals surface area contributed by atoms with Gasteiger partial charge in [-0.2, -0.15) is 11.8 Å². The summed E-state index contributed by atoms with van der Waals surface area (Å²) in [5.74, 6) is 2.49. The van der Waals surface area contributed by atoms with E-state index < -0.39 is 0 Å². The van der Waals surface area contributed by atoms with Gasteiger partial charge in [0.25, 0.3) is 0 Å². The van der Waals surface area contributed by atoms with Crippen LogP contribution in [0.2, 0.25) is 0 Å². The number of nitrogen functional groups attached to an aromatic ring is 1. The molecule has 0 atom stereocenters. The molecule has 0 bridgehead atoms. The first-order valence-electron chi connectivity index (χ1n) is 6.91. The maximum Gasteiger partial charge on any atom is 0.216 e. The minimum atomic E-state index is 0. The molecular weight excluding hydrogens is 328 g/mol. The van der Waals surface area contributed by atoms with Gasteiger partial charge in [-0.05, 0) is 24.3 Å². The van der Waals surface area contributed by atoms with Crippen LogP contribution in [0.15, 0.2) is 6.20 Å². The first kappa shape index (κ1) is 18.5. The number of aromatic nitrogens is 1. The number of carbonyl (C=O) groups excluding carboxylic acids is 1. The molecule has 0 unspecified atom stereocenters. The van der Waals surface area contributed by atoms with Crippen LogP contribution in [-0.2, 0) is 11.3 Å². The molecule has 5 nitrogen and oxygen atoms in total. The Morgan fingerprint density at radius 1 is 1.52 bits per heavy atom. The number of thiazole rings is 1. The molecule has 2 heterocycles. The molecule has 0 aromatic carbocycles. The van der Waals surface area contributed by atoms with Gasteiger partial charge in [-0.25, -0.2) is 4.98 Å². The second-order valence-corrected chi connectivity index (χ2v) is 7.33. The van der Waals surface area contributed by atoms with Gasteiger partial charge in [0.15, 0.2) is 5.13 Å². The summed E-state index contributed by atoms with van der Waals surface area (Å²) in [6.07, 6.45) is 4.31. The highest BCUT2D eigenvalue weighted by atomic mass is 35.5. The van der Waals surface area contributed by atoms with Gasteiger partial charge in [0.05, 0.1) is 0 Å². The van der Waals surface area contributed by atoms with E-state index in [1.165, 1.54) is 29.2 Å². The van der Waals surface area contributed by atoms with Crippen molar-refractivity contribution in [3.8, 4) is 0 Å². The van der Waals surface area contributed by atoms with Gasteiger partial charge in [0, 0.05) is 43.7 Å². The zero-order chi connectivity index (χ0) is 14.4. The van der Waals surface area contributed by atoms with E-state index in [1.807, 2.05) is 18.0 Å². The number of rotatable bonds is 6. The van der Waals surface area contributed by atoms with E-state index in [0.29, 0.717) is 17.7 Å². The predicted molar refractivity (Wildman–Crippen MR) is 93.2 cm³/mol. The number of thioether (sulfide) groups is 1. The number of anilines is 1. The van der Waals surface area contributed by atoms with Crippen LogP contribution >= 0.6 is 35.5 Å². The lowest BCUT2D eigenvalue weighted by Gasteiger charge is -2.33. The molecule has 1 amide bonds. The van der Waals surface area contributed by atoms with Crippen LogP contribution in [0.25, 0.3) is 0 Å². The van der Waals surface area contributed by atoms with Crippen molar-refractivity contribution in [2.24, 2.45) is 0 Å². The number of amides is 1. The third kappa shape index (κ3) is 6.42. The van der Waals surface area contributed by atoms with Crippen molar-refractivity contribution in [3.63, 3.8) is 0 Å². The summed E-state index contributed by atoms with van der Waals surface area (Å²) in [7, 11) is 0. The molecule has 0 spiro atoms. The predicted octanol–water partition coefficient (Wildman–Crippen LogP) is 1.98. The average molecular weight is 351 g/mol. The number of carbonyl (C=O) groups is 1. The number of hydrogen-bond acceptors (Lipinski definition) is 6. The molecule has 1 fully saturated rings. The van der Waals surface area contributed by atoms with Gasteiger partial charge in [-0.15, -0.1) is 23.7 Å². The Kier molecular flexibility index (Phi) is 8.39. The molecule has 21 heavy (non-hydrogen) atoms. The minimum Gasteiger partial charge on any atom is -0.375 e. The normalized spacial score (nSPS) is 15.7. The van der Waals surface area contributed by atoms with Crippen LogP contribution in [0.1, 0.15) is 24.6 Å². The van der Waals surface area contributed by atoms with Crippen molar-refractivity contribution in [2.75, 3.05) is 30.3 Å². The van der Waals surface area contributed by atoms with E-state index in [0.717, 1.165) is 13.1 Å². The van der Waals surface area contributed by atoms with E-state index in [2.05, 4.69) is 15.2 Å². The Balaban J connectivity index is 0.00000220. The molecule has 0 aliphatic carbocycles. The quantitative estimate of drug-likeness (QED) is 0.820. The second kappa shape index (κ2) is 9.50. The highest BCUT2D eigenvalue weighted by Gasteiger charge is 2.21. The van der Waals surface area contributed by atoms with Crippen molar-refractivity contribution in [1.29, 1.82) is 0 Å². The van der Waals surface area contributed by atoms with Crippen LogP contribution in [0.4, 0.5) is 5.13 Å². The van der Waals surface area contributed by atoms with E-state index in [9.17, 15) is 4.79 Å². The van der Waals surface area contributed by atoms with Crippen LogP contribution in [0, 0.1) is 0 Å². The molecule has 3 N–H and O–H groups in total. The van der Waals surface area contributed by atoms with Crippen LogP contribution in [0.3, 0.4) is 0 Å². The van der Waals surface area contributed by atoms with Crippen molar-refractivity contribution >= 4 is 46.5 Å². The van der Waals surface area contributed by atoms with Gasteiger partial charge in [0.2, 0.25) is 5.91 Å². The fraction of sp³-hybridized carbons (Fsp3) is 0.692. The molecule has 1 aromatic heterocycles. The fourth-order valence-corrected chi connectivity index (χ4v) is 4.20. The first-order valence-corrected chi connectivity index (χ1v) is 8.88. The van der Waals surface area contributed by atoms with Crippen molar-refractivity contribution in [1.82, 2.24) is 15.2 Å². The zero-order valence-corrected chi connectivity index (χ0v) is 14.7. The van der Waals surface area contributed by atoms with Gasteiger partial charge in [-0.1, -0.05) is 0 Å². The summed E-state index contributed by atoms with van der Waals surface area (Å²) in [5, 5.41) is 3.51. The summed E-state index contributed by atoms with van der Waals surface area (Å²) in [6, 6.07) is 0.605. The summed E-state index contributed by atoms with van der Waals surface area (Å²) < 4.78 is 0. The number of hydrogen-bond donors (Lipinski definition) is 2. The summed E-state index contributed by atoms with van der Waals surface area (Å²) in [6.45, 7) is 4.02. The second-order valence-electron chi connectivity index (χ2n) is 4.96. The average Bonchev–Trinajstić information content (AvgIpc) is 2.84. The standard InChI is InChI=1S/C13H22N4OS2.ClH/c1-10(18)15-4-5-17(11-2-6-19-7-3-11)9-12-8-16-13(14)20-12;/h8,11H,2-7,9H2,1H3,(H2,14,16)(H,15,18);1H. The minimum absolute atomic E-state index is 0. The zero-order valence-electron chi connectivity index (χ0n) is 12.2. The molecular formula is C13H23ClN4OS2.